The number of halogens is 4. The van der Waals surface area contributed by atoms with Crippen molar-refractivity contribution in [1.29, 1.82) is 0 Å². The Labute approximate surface area is 81.4 Å². The summed E-state index contributed by atoms with van der Waals surface area (Å²) in [4.78, 5) is 0. The van der Waals surface area contributed by atoms with Crippen LogP contribution in [0.5, 0.6) is 0 Å². The lowest BCUT2D eigenvalue weighted by Gasteiger charge is -2.32. The summed E-state index contributed by atoms with van der Waals surface area (Å²) >= 11 is 0. The van der Waals surface area contributed by atoms with Crippen LogP contribution in [0.4, 0.5) is 17.3 Å². The van der Waals surface area contributed by atoms with Gasteiger partial charge in [0.25, 0.3) is 0 Å². The first-order valence-corrected chi connectivity index (χ1v) is 5.17. The molecule has 0 radical (unpaired) electrons. The van der Waals surface area contributed by atoms with Crippen molar-refractivity contribution in [2.45, 2.75) is 50.6 Å². The van der Waals surface area contributed by atoms with Gasteiger partial charge in [0.1, 0.15) is 0 Å². The van der Waals surface area contributed by atoms with Gasteiger partial charge >= 0.3 is 7.25 Å². The normalized spacial score (nSPS) is 23.1. The van der Waals surface area contributed by atoms with Crippen molar-refractivity contribution in [1.82, 2.24) is 0 Å². The fourth-order valence-electron chi connectivity index (χ4n) is 1.65. The first kappa shape index (κ1) is 11.8. The van der Waals surface area contributed by atoms with E-state index in [0.717, 1.165) is 12.1 Å². The molecule has 6 heteroatoms. The predicted octanol–water partition coefficient (Wildman–Crippen LogP) is 1.95. The van der Waals surface area contributed by atoms with Crippen LogP contribution in [0.15, 0.2) is 0 Å². The molecule has 2 fully saturated rings. The molecular weight excluding hydrogens is 197 g/mol. The van der Waals surface area contributed by atoms with Crippen LogP contribution in [0, 0.1) is 0 Å². The second kappa shape index (κ2) is 5.00. The zero-order valence-corrected chi connectivity index (χ0v) is 8.06. The second-order valence-corrected chi connectivity index (χ2v) is 4.07. The Kier molecular flexibility index (Phi) is 4.22. The second-order valence-electron chi connectivity index (χ2n) is 4.07. The van der Waals surface area contributed by atoms with Crippen molar-refractivity contribution in [3.63, 3.8) is 0 Å². The molecule has 0 aromatic carbocycles. The summed E-state index contributed by atoms with van der Waals surface area (Å²) in [6.45, 7) is 0. The molecule has 0 heterocycles. The fourth-order valence-corrected chi connectivity index (χ4v) is 1.65. The molecule has 2 rings (SSSR count). The summed E-state index contributed by atoms with van der Waals surface area (Å²) in [6, 6.07) is 2.07. The summed E-state index contributed by atoms with van der Waals surface area (Å²) in [5.41, 5.74) is 0. The molecule has 0 unspecified atom stereocenters. The van der Waals surface area contributed by atoms with E-state index in [1.54, 1.807) is 0 Å². The van der Waals surface area contributed by atoms with Crippen molar-refractivity contribution in [2.75, 3.05) is 0 Å². The lowest BCUT2D eigenvalue weighted by molar-refractivity contribution is -0.738. The van der Waals surface area contributed by atoms with Gasteiger partial charge in [-0.05, 0) is 38.5 Å². The third-order valence-electron chi connectivity index (χ3n) is 2.84. The molecule has 0 amide bonds. The van der Waals surface area contributed by atoms with E-state index in [0.29, 0.717) is 0 Å². The monoisotopic (exact) mass is 213 g/mol. The van der Waals surface area contributed by atoms with Gasteiger partial charge in [-0.25, -0.2) is 0 Å². The molecule has 0 aromatic heterocycles. The fraction of sp³-hybridized carbons (Fsp3) is 1.00. The van der Waals surface area contributed by atoms with Crippen LogP contribution in [-0.4, -0.2) is 19.3 Å². The highest BCUT2D eigenvalue weighted by Crippen LogP contribution is 2.19. The summed E-state index contributed by atoms with van der Waals surface area (Å²) in [5, 5.41) is 2.62. The molecule has 0 aliphatic heterocycles. The first-order chi connectivity index (χ1) is 6.45. The molecular formula is C8H16BF4N. The van der Waals surface area contributed by atoms with Crippen LogP contribution in [0.1, 0.15) is 38.5 Å². The van der Waals surface area contributed by atoms with Crippen LogP contribution < -0.4 is 5.32 Å². The molecule has 2 aliphatic carbocycles. The Bertz CT molecular complexity index is 147. The van der Waals surface area contributed by atoms with Gasteiger partial charge in [-0.15, -0.1) is 0 Å². The molecule has 2 aliphatic rings. The average Bonchev–Trinajstić information content (AvgIpc) is 1.75. The van der Waals surface area contributed by atoms with Crippen molar-refractivity contribution in [3.05, 3.63) is 0 Å². The van der Waals surface area contributed by atoms with E-state index in [1.807, 2.05) is 0 Å². The Morgan fingerprint density at radius 2 is 1.07 bits per heavy atom. The van der Waals surface area contributed by atoms with E-state index in [1.165, 1.54) is 38.5 Å². The van der Waals surface area contributed by atoms with E-state index < -0.39 is 7.25 Å². The Hall–Kier alpha value is -0.255. The minimum atomic E-state index is -6.00. The minimum Gasteiger partial charge on any atom is -0.418 e. The zero-order chi connectivity index (χ0) is 10.6. The average molecular weight is 213 g/mol. The third kappa shape index (κ3) is 5.47. The maximum absolute atomic E-state index is 9.75. The van der Waals surface area contributed by atoms with Gasteiger partial charge in [0.15, 0.2) is 0 Å². The highest BCUT2D eigenvalue weighted by Gasteiger charge is 2.28. The summed E-state index contributed by atoms with van der Waals surface area (Å²) in [5.74, 6) is 0. The largest absolute Gasteiger partial charge is 0.673 e. The van der Waals surface area contributed by atoms with Gasteiger partial charge in [-0.3, -0.25) is 0 Å². The molecule has 1 nitrogen and oxygen atoms in total. The molecule has 14 heavy (non-hydrogen) atoms. The Morgan fingerprint density at radius 3 is 1.21 bits per heavy atom. The lowest BCUT2D eigenvalue weighted by atomic mass is 9.87. The van der Waals surface area contributed by atoms with E-state index in [9.17, 15) is 17.3 Å². The van der Waals surface area contributed by atoms with E-state index in [4.69, 9.17) is 0 Å². The van der Waals surface area contributed by atoms with Crippen LogP contribution in [0.25, 0.3) is 0 Å². The van der Waals surface area contributed by atoms with Crippen LogP contribution in [0.3, 0.4) is 0 Å². The maximum Gasteiger partial charge on any atom is 0.673 e. The summed E-state index contributed by atoms with van der Waals surface area (Å²) < 4.78 is 39.0. The lowest BCUT2D eigenvalue weighted by Crippen LogP contribution is -2.97. The molecule has 0 saturated heterocycles. The van der Waals surface area contributed by atoms with Gasteiger partial charge < -0.3 is 22.6 Å². The SMILES string of the molecule is C1CC([NH2+]C2CCC2)C1.F[B-](F)(F)F. The first-order valence-electron chi connectivity index (χ1n) is 5.17. The Morgan fingerprint density at radius 1 is 0.786 bits per heavy atom. The van der Waals surface area contributed by atoms with Crippen LogP contribution in [-0.2, 0) is 0 Å². The number of hydrogen-bond acceptors (Lipinski definition) is 0. The predicted molar refractivity (Wildman–Crippen MR) is 47.4 cm³/mol. The zero-order valence-electron chi connectivity index (χ0n) is 8.06. The molecule has 2 saturated carbocycles. The van der Waals surface area contributed by atoms with Crippen molar-refractivity contribution >= 4 is 7.25 Å². The standard InChI is InChI=1S/C8H15N.BF4/c1-3-7(4-1)9-8-5-2-6-8;2-1(3,4)5/h7-9H,1-6H2;/q;-1/p+1. The van der Waals surface area contributed by atoms with Gasteiger partial charge in [0.2, 0.25) is 0 Å². The van der Waals surface area contributed by atoms with Gasteiger partial charge in [-0.1, -0.05) is 0 Å². The van der Waals surface area contributed by atoms with Crippen LogP contribution >= 0.6 is 0 Å². The number of rotatable bonds is 2. The van der Waals surface area contributed by atoms with Gasteiger partial charge in [0.05, 0.1) is 12.1 Å². The minimum absolute atomic E-state index is 1.04. The van der Waals surface area contributed by atoms with Crippen molar-refractivity contribution in [3.8, 4) is 0 Å². The molecule has 0 spiro atoms. The molecule has 0 atom stereocenters. The third-order valence-corrected chi connectivity index (χ3v) is 2.84. The highest BCUT2D eigenvalue weighted by atomic mass is 19.5. The summed E-state index contributed by atoms with van der Waals surface area (Å²) in [7, 11) is -6.00. The van der Waals surface area contributed by atoms with E-state index >= 15 is 0 Å². The maximum atomic E-state index is 9.75. The van der Waals surface area contributed by atoms with Crippen molar-refractivity contribution < 1.29 is 22.6 Å². The molecule has 0 bridgehead atoms. The topological polar surface area (TPSA) is 16.6 Å². The number of hydrogen-bond donors (Lipinski definition) is 1. The Balaban J connectivity index is 0.000000171. The van der Waals surface area contributed by atoms with E-state index in [2.05, 4.69) is 5.32 Å². The molecule has 0 aromatic rings. The summed E-state index contributed by atoms with van der Waals surface area (Å²) in [6.07, 6.45) is 8.97. The highest BCUT2D eigenvalue weighted by molar-refractivity contribution is 6.50. The number of quaternary nitrogens is 1. The van der Waals surface area contributed by atoms with Crippen molar-refractivity contribution in [2.24, 2.45) is 0 Å². The molecule has 2 N–H and O–H groups in total. The van der Waals surface area contributed by atoms with E-state index in [-0.39, 0.29) is 0 Å². The quantitative estimate of drug-likeness (QED) is 0.533. The van der Waals surface area contributed by atoms with Crippen LogP contribution in [0.2, 0.25) is 0 Å². The van der Waals surface area contributed by atoms with Gasteiger partial charge in [0, 0.05) is 0 Å². The smallest absolute Gasteiger partial charge is 0.418 e. The number of nitrogens with two attached hydrogens (primary N) is 1. The molecule has 84 valence electrons. The van der Waals surface area contributed by atoms with Gasteiger partial charge in [-0.2, -0.15) is 0 Å².